The van der Waals surface area contributed by atoms with Gasteiger partial charge >= 0.3 is 0 Å². The van der Waals surface area contributed by atoms with Gasteiger partial charge < -0.3 is 0 Å². The van der Waals surface area contributed by atoms with Gasteiger partial charge in [0, 0.05) is 0 Å². The molecule has 1 N–H and O–H groups in total. The molecule has 2 aromatic carbocycles. The van der Waals surface area contributed by atoms with Crippen molar-refractivity contribution in [2.24, 2.45) is 11.8 Å². The maximum absolute atomic E-state index is 9.43. The fourth-order valence-electron chi connectivity index (χ4n) is 4.56. The quantitative estimate of drug-likeness (QED) is 0.453. The second kappa shape index (κ2) is 8.83. The molecule has 4 unspecified atom stereocenters. The van der Waals surface area contributed by atoms with Crippen LogP contribution in [-0.2, 0) is 4.89 Å². The molecule has 0 saturated heterocycles. The van der Waals surface area contributed by atoms with Crippen LogP contribution in [0, 0.1) is 18.8 Å². The van der Waals surface area contributed by atoms with Gasteiger partial charge in [0.2, 0.25) is 0 Å². The molecule has 1 fully saturated rings. The minimum absolute atomic E-state index is 0.427. The number of aryl methyl sites for hydroxylation is 1. The Balaban J connectivity index is 1.71. The van der Waals surface area contributed by atoms with E-state index >= 15 is 0 Å². The van der Waals surface area contributed by atoms with Crippen molar-refractivity contribution < 1.29 is 10.1 Å². The number of hydrogen-bond acceptors (Lipinski definition) is 2. The van der Waals surface area contributed by atoms with Gasteiger partial charge in [-0.25, -0.2) is 4.89 Å². The molecule has 0 heterocycles. The summed E-state index contributed by atoms with van der Waals surface area (Å²) in [5.41, 5.74) is 4.59. The van der Waals surface area contributed by atoms with Crippen LogP contribution >= 0.6 is 0 Å². The van der Waals surface area contributed by atoms with E-state index in [-0.39, 0.29) is 0 Å². The summed E-state index contributed by atoms with van der Waals surface area (Å²) >= 11 is 0. The number of hydrogen-bond donors (Lipinski definition) is 1. The van der Waals surface area contributed by atoms with Gasteiger partial charge in [-0.05, 0) is 60.6 Å². The number of benzene rings is 2. The first kappa shape index (κ1) is 19.1. The van der Waals surface area contributed by atoms with Crippen molar-refractivity contribution in [3.8, 4) is 0 Å². The third-order valence-electron chi connectivity index (χ3n) is 6.20. The molecular formula is C24H32O2. The van der Waals surface area contributed by atoms with Crippen molar-refractivity contribution >= 4 is 0 Å². The van der Waals surface area contributed by atoms with Crippen LogP contribution in [0.1, 0.15) is 80.2 Å². The third-order valence-corrected chi connectivity index (χ3v) is 6.20. The predicted octanol–water partition coefficient (Wildman–Crippen LogP) is 6.89. The second-order valence-electron chi connectivity index (χ2n) is 8.10. The zero-order chi connectivity index (χ0) is 18.5. The summed E-state index contributed by atoms with van der Waals surface area (Å²) in [6, 6.07) is 16.8. The SMILES string of the molecule is CCCC1CCC(c2ccc(C(OO)c3ccc(C)cc3)cc2)CC1C. The molecule has 4 atom stereocenters. The molecule has 2 nitrogen and oxygen atoms in total. The average Bonchev–Trinajstić information content (AvgIpc) is 2.66. The summed E-state index contributed by atoms with van der Waals surface area (Å²) in [5.74, 6) is 2.39. The molecule has 0 spiro atoms. The zero-order valence-electron chi connectivity index (χ0n) is 16.3. The predicted molar refractivity (Wildman–Crippen MR) is 107 cm³/mol. The minimum atomic E-state index is -0.427. The highest BCUT2D eigenvalue weighted by Crippen LogP contribution is 2.41. The molecular weight excluding hydrogens is 320 g/mol. The second-order valence-corrected chi connectivity index (χ2v) is 8.10. The lowest BCUT2D eigenvalue weighted by atomic mass is 9.71. The Morgan fingerprint density at radius 2 is 1.62 bits per heavy atom. The highest BCUT2D eigenvalue weighted by molar-refractivity contribution is 5.34. The van der Waals surface area contributed by atoms with E-state index in [0.717, 1.165) is 23.0 Å². The van der Waals surface area contributed by atoms with E-state index in [1.54, 1.807) is 0 Å². The van der Waals surface area contributed by atoms with Gasteiger partial charge in [-0.2, -0.15) is 0 Å². The fraction of sp³-hybridized carbons (Fsp3) is 0.500. The molecule has 0 amide bonds. The van der Waals surface area contributed by atoms with Gasteiger partial charge in [0.25, 0.3) is 0 Å². The maximum atomic E-state index is 9.43. The van der Waals surface area contributed by atoms with Gasteiger partial charge in [-0.15, -0.1) is 0 Å². The molecule has 26 heavy (non-hydrogen) atoms. The Bertz CT molecular complexity index is 674. The largest absolute Gasteiger partial charge is 0.251 e. The monoisotopic (exact) mass is 352 g/mol. The van der Waals surface area contributed by atoms with E-state index < -0.39 is 6.10 Å². The third kappa shape index (κ3) is 4.36. The summed E-state index contributed by atoms with van der Waals surface area (Å²) in [6.45, 7) is 6.78. The molecule has 0 aromatic heterocycles. The van der Waals surface area contributed by atoms with Crippen LogP contribution in [0.3, 0.4) is 0 Å². The van der Waals surface area contributed by atoms with Crippen molar-refractivity contribution in [3.05, 3.63) is 70.8 Å². The first-order chi connectivity index (χ1) is 12.6. The summed E-state index contributed by atoms with van der Waals surface area (Å²) < 4.78 is 0. The van der Waals surface area contributed by atoms with Gasteiger partial charge in [-0.3, -0.25) is 5.26 Å². The van der Waals surface area contributed by atoms with Crippen LogP contribution in [0.15, 0.2) is 48.5 Å². The molecule has 3 rings (SSSR count). The van der Waals surface area contributed by atoms with Crippen LogP contribution in [-0.4, -0.2) is 5.26 Å². The Kier molecular flexibility index (Phi) is 6.50. The molecule has 1 saturated carbocycles. The fourth-order valence-corrected chi connectivity index (χ4v) is 4.56. The maximum Gasteiger partial charge on any atom is 0.143 e. The molecule has 140 valence electrons. The Morgan fingerprint density at radius 1 is 1.00 bits per heavy atom. The lowest BCUT2D eigenvalue weighted by Crippen LogP contribution is -2.21. The summed E-state index contributed by atoms with van der Waals surface area (Å²) in [6.07, 6.45) is 6.19. The Hall–Kier alpha value is -1.64. The van der Waals surface area contributed by atoms with Gasteiger partial charge in [0.05, 0.1) is 0 Å². The van der Waals surface area contributed by atoms with E-state index in [1.807, 2.05) is 24.3 Å². The van der Waals surface area contributed by atoms with Crippen LogP contribution in [0.5, 0.6) is 0 Å². The van der Waals surface area contributed by atoms with Crippen molar-refractivity contribution in [1.29, 1.82) is 0 Å². The van der Waals surface area contributed by atoms with E-state index in [1.165, 1.54) is 43.2 Å². The first-order valence-corrected chi connectivity index (χ1v) is 10.1. The van der Waals surface area contributed by atoms with E-state index in [2.05, 4.69) is 45.0 Å². The van der Waals surface area contributed by atoms with Crippen LogP contribution in [0.2, 0.25) is 0 Å². The van der Waals surface area contributed by atoms with Crippen LogP contribution in [0.25, 0.3) is 0 Å². The molecule has 1 aliphatic rings. The normalized spacial score (nSPS) is 24.4. The highest BCUT2D eigenvalue weighted by atomic mass is 17.1. The van der Waals surface area contributed by atoms with E-state index in [0.29, 0.717) is 5.92 Å². The van der Waals surface area contributed by atoms with E-state index in [4.69, 9.17) is 4.89 Å². The zero-order valence-corrected chi connectivity index (χ0v) is 16.3. The molecule has 2 heteroatoms. The molecule has 1 aliphatic carbocycles. The standard InChI is InChI=1S/C24H32O2/c1-4-5-19-10-15-23(16-18(19)3)20-11-13-22(14-12-20)24(26-25)21-8-6-17(2)7-9-21/h6-9,11-14,18-19,23-25H,4-5,10,15-16H2,1-3H3. The lowest BCUT2D eigenvalue weighted by Gasteiger charge is -2.34. The van der Waals surface area contributed by atoms with Crippen molar-refractivity contribution in [2.45, 2.75) is 64.9 Å². The average molecular weight is 353 g/mol. The molecule has 0 bridgehead atoms. The van der Waals surface area contributed by atoms with Crippen LogP contribution in [0.4, 0.5) is 0 Å². The smallest absolute Gasteiger partial charge is 0.143 e. The van der Waals surface area contributed by atoms with Gasteiger partial charge in [0.15, 0.2) is 0 Å². The van der Waals surface area contributed by atoms with Crippen molar-refractivity contribution in [1.82, 2.24) is 0 Å². The Morgan fingerprint density at radius 3 is 2.15 bits per heavy atom. The molecule has 0 radical (unpaired) electrons. The lowest BCUT2D eigenvalue weighted by molar-refractivity contribution is -0.270. The van der Waals surface area contributed by atoms with Gasteiger partial charge in [0.1, 0.15) is 6.10 Å². The topological polar surface area (TPSA) is 29.5 Å². The summed E-state index contributed by atoms with van der Waals surface area (Å²) in [7, 11) is 0. The van der Waals surface area contributed by atoms with E-state index in [9.17, 15) is 5.26 Å². The van der Waals surface area contributed by atoms with Crippen molar-refractivity contribution in [3.63, 3.8) is 0 Å². The van der Waals surface area contributed by atoms with Gasteiger partial charge in [-0.1, -0.05) is 80.8 Å². The summed E-state index contributed by atoms with van der Waals surface area (Å²) in [4.78, 5) is 4.81. The van der Waals surface area contributed by atoms with Crippen molar-refractivity contribution in [2.75, 3.05) is 0 Å². The summed E-state index contributed by atoms with van der Waals surface area (Å²) in [5, 5.41) is 9.43. The highest BCUT2D eigenvalue weighted by Gasteiger charge is 2.27. The molecule has 0 aliphatic heterocycles. The van der Waals surface area contributed by atoms with Crippen LogP contribution < -0.4 is 0 Å². The number of rotatable bonds is 6. The molecule has 2 aromatic rings. The first-order valence-electron chi connectivity index (χ1n) is 10.1. The minimum Gasteiger partial charge on any atom is -0.251 e. The Labute approximate surface area is 158 Å².